The molecule has 1 N–H and O–H groups in total. The van der Waals surface area contributed by atoms with Crippen molar-refractivity contribution in [1.29, 1.82) is 0 Å². The van der Waals surface area contributed by atoms with Gasteiger partial charge in [0.15, 0.2) is 0 Å². The number of likely N-dealkylation sites (tertiary alicyclic amines) is 1. The van der Waals surface area contributed by atoms with Crippen molar-refractivity contribution in [2.45, 2.75) is 6.92 Å². The molecule has 2 heterocycles. The fourth-order valence-electron chi connectivity index (χ4n) is 3.20. The van der Waals surface area contributed by atoms with Crippen LogP contribution in [0.1, 0.15) is 15.9 Å². The number of nitro groups is 1. The molecule has 2 fully saturated rings. The Kier molecular flexibility index (Phi) is 4.49. The molecule has 114 valence electrons. The third-order valence-corrected chi connectivity index (χ3v) is 4.32. The van der Waals surface area contributed by atoms with Gasteiger partial charge < -0.3 is 10.2 Å². The van der Waals surface area contributed by atoms with Crippen molar-refractivity contribution in [3.63, 3.8) is 0 Å². The highest BCUT2D eigenvalue weighted by molar-refractivity contribution is 5.95. The van der Waals surface area contributed by atoms with E-state index in [0.717, 1.165) is 26.2 Å². The van der Waals surface area contributed by atoms with Gasteiger partial charge in [-0.15, -0.1) is 12.4 Å². The molecule has 2 atom stereocenters. The van der Waals surface area contributed by atoms with Crippen LogP contribution in [0.5, 0.6) is 0 Å². The van der Waals surface area contributed by atoms with Gasteiger partial charge in [0, 0.05) is 43.4 Å². The lowest BCUT2D eigenvalue weighted by molar-refractivity contribution is -0.385. The number of hydrogen-bond acceptors (Lipinski definition) is 4. The first-order chi connectivity index (χ1) is 9.56. The number of fused-ring (bicyclic) bond motifs is 1. The largest absolute Gasteiger partial charge is 0.338 e. The van der Waals surface area contributed by atoms with Gasteiger partial charge in [-0.25, -0.2) is 0 Å². The molecule has 0 bridgehead atoms. The summed E-state index contributed by atoms with van der Waals surface area (Å²) >= 11 is 0. The highest BCUT2D eigenvalue weighted by atomic mass is 35.5. The smallest absolute Gasteiger partial charge is 0.272 e. The summed E-state index contributed by atoms with van der Waals surface area (Å²) in [4.78, 5) is 24.7. The molecule has 0 aromatic heterocycles. The molecule has 2 saturated heterocycles. The fourth-order valence-corrected chi connectivity index (χ4v) is 3.20. The molecule has 0 radical (unpaired) electrons. The van der Waals surface area contributed by atoms with Gasteiger partial charge in [0.05, 0.1) is 4.92 Å². The van der Waals surface area contributed by atoms with Crippen molar-refractivity contribution >= 4 is 24.0 Å². The molecular weight excluding hydrogens is 294 g/mol. The van der Waals surface area contributed by atoms with E-state index in [9.17, 15) is 14.9 Å². The molecule has 1 aromatic carbocycles. The third kappa shape index (κ3) is 2.87. The van der Waals surface area contributed by atoms with E-state index in [4.69, 9.17) is 0 Å². The molecule has 3 rings (SSSR count). The maximum atomic E-state index is 12.4. The summed E-state index contributed by atoms with van der Waals surface area (Å²) in [5, 5.41) is 14.1. The zero-order valence-electron chi connectivity index (χ0n) is 11.7. The number of benzene rings is 1. The maximum absolute atomic E-state index is 12.4. The highest BCUT2D eigenvalue weighted by Crippen LogP contribution is 2.28. The first kappa shape index (κ1) is 15.7. The molecule has 1 amide bonds. The van der Waals surface area contributed by atoms with Crippen molar-refractivity contribution < 1.29 is 9.72 Å². The molecule has 6 nitrogen and oxygen atoms in total. The lowest BCUT2D eigenvalue weighted by Crippen LogP contribution is -2.31. The van der Waals surface area contributed by atoms with Crippen LogP contribution in [0.25, 0.3) is 0 Å². The van der Waals surface area contributed by atoms with Gasteiger partial charge in [-0.3, -0.25) is 14.9 Å². The number of nitrogens with zero attached hydrogens (tertiary/aromatic N) is 2. The number of aryl methyl sites for hydroxylation is 1. The van der Waals surface area contributed by atoms with E-state index in [-0.39, 0.29) is 24.0 Å². The van der Waals surface area contributed by atoms with E-state index in [1.54, 1.807) is 19.1 Å². The van der Waals surface area contributed by atoms with Crippen LogP contribution in [-0.2, 0) is 0 Å². The van der Waals surface area contributed by atoms with Crippen molar-refractivity contribution in [2.75, 3.05) is 26.2 Å². The molecule has 2 aliphatic rings. The van der Waals surface area contributed by atoms with E-state index in [2.05, 4.69) is 5.32 Å². The molecule has 0 spiro atoms. The van der Waals surface area contributed by atoms with Crippen LogP contribution in [0.4, 0.5) is 5.69 Å². The van der Waals surface area contributed by atoms with Crippen molar-refractivity contribution in [1.82, 2.24) is 10.2 Å². The Morgan fingerprint density at radius 3 is 2.48 bits per heavy atom. The normalized spacial score (nSPS) is 23.6. The Bertz CT molecular complexity index is 567. The number of halogens is 1. The van der Waals surface area contributed by atoms with Gasteiger partial charge in [0.1, 0.15) is 0 Å². The standard InChI is InChI=1S/C14H17N3O3.ClH/c1-9-4-10(2-3-13(9)17(19)20)14(18)16-7-11-5-15-6-12(11)8-16;/h2-4,11-12,15H,5-8H2,1H3;1H/t11-,12+;. The second kappa shape index (κ2) is 5.99. The van der Waals surface area contributed by atoms with Gasteiger partial charge in [-0.05, 0) is 30.9 Å². The van der Waals surface area contributed by atoms with E-state index < -0.39 is 4.92 Å². The minimum atomic E-state index is -0.421. The molecule has 0 saturated carbocycles. The van der Waals surface area contributed by atoms with Gasteiger partial charge in [0.25, 0.3) is 11.6 Å². The van der Waals surface area contributed by atoms with Gasteiger partial charge in [-0.1, -0.05) is 0 Å². The summed E-state index contributed by atoms with van der Waals surface area (Å²) in [6.07, 6.45) is 0. The Morgan fingerprint density at radius 2 is 1.95 bits per heavy atom. The quantitative estimate of drug-likeness (QED) is 0.665. The number of carbonyl (C=O) groups excluding carboxylic acids is 1. The summed E-state index contributed by atoms with van der Waals surface area (Å²) in [6, 6.07) is 4.59. The number of nitro benzene ring substituents is 1. The Balaban J connectivity index is 0.00000161. The maximum Gasteiger partial charge on any atom is 0.272 e. The molecule has 7 heteroatoms. The molecule has 1 aromatic rings. The summed E-state index contributed by atoms with van der Waals surface area (Å²) in [5.74, 6) is 1.09. The zero-order chi connectivity index (χ0) is 14.3. The number of carbonyl (C=O) groups is 1. The summed E-state index contributed by atoms with van der Waals surface area (Å²) in [6.45, 7) is 5.19. The monoisotopic (exact) mass is 311 g/mol. The van der Waals surface area contributed by atoms with E-state index in [0.29, 0.717) is 23.0 Å². The summed E-state index contributed by atoms with van der Waals surface area (Å²) in [5.41, 5.74) is 1.13. The summed E-state index contributed by atoms with van der Waals surface area (Å²) < 4.78 is 0. The van der Waals surface area contributed by atoms with Gasteiger partial charge in [-0.2, -0.15) is 0 Å². The molecular formula is C14H18ClN3O3. The van der Waals surface area contributed by atoms with Crippen LogP contribution < -0.4 is 5.32 Å². The number of amides is 1. The lowest BCUT2D eigenvalue weighted by atomic mass is 10.0. The van der Waals surface area contributed by atoms with Crippen molar-refractivity contribution in [3.05, 3.63) is 39.4 Å². The van der Waals surface area contributed by atoms with Crippen LogP contribution in [0.15, 0.2) is 18.2 Å². The first-order valence-electron chi connectivity index (χ1n) is 6.81. The third-order valence-electron chi connectivity index (χ3n) is 4.32. The Hall–Kier alpha value is -1.66. The second-order valence-electron chi connectivity index (χ2n) is 5.65. The van der Waals surface area contributed by atoms with Crippen LogP contribution in [-0.4, -0.2) is 41.9 Å². The average molecular weight is 312 g/mol. The minimum absolute atomic E-state index is 0. The van der Waals surface area contributed by atoms with Crippen molar-refractivity contribution in [2.24, 2.45) is 11.8 Å². The minimum Gasteiger partial charge on any atom is -0.338 e. The van der Waals surface area contributed by atoms with E-state index >= 15 is 0 Å². The van der Waals surface area contributed by atoms with Crippen molar-refractivity contribution in [3.8, 4) is 0 Å². The number of nitrogens with one attached hydrogen (secondary N) is 1. The van der Waals surface area contributed by atoms with Crippen LogP contribution >= 0.6 is 12.4 Å². The fraction of sp³-hybridized carbons (Fsp3) is 0.500. The predicted molar refractivity (Wildman–Crippen MR) is 80.8 cm³/mol. The predicted octanol–water partition coefficient (Wildman–Crippen LogP) is 1.62. The molecule has 2 aliphatic heterocycles. The second-order valence-corrected chi connectivity index (χ2v) is 5.65. The molecule has 0 aliphatic carbocycles. The number of rotatable bonds is 2. The Morgan fingerprint density at radius 1 is 1.33 bits per heavy atom. The van der Waals surface area contributed by atoms with Crippen LogP contribution in [0, 0.1) is 28.9 Å². The van der Waals surface area contributed by atoms with Gasteiger partial charge in [0.2, 0.25) is 0 Å². The van der Waals surface area contributed by atoms with Gasteiger partial charge >= 0.3 is 0 Å². The lowest BCUT2D eigenvalue weighted by Gasteiger charge is -2.17. The Labute approximate surface area is 129 Å². The van der Waals surface area contributed by atoms with E-state index in [1.165, 1.54) is 6.07 Å². The SMILES string of the molecule is Cc1cc(C(=O)N2C[C@H]3CNC[C@H]3C2)ccc1[N+](=O)[O-].Cl. The average Bonchev–Trinajstić information content (AvgIpc) is 2.97. The van der Waals surface area contributed by atoms with Crippen LogP contribution in [0.3, 0.4) is 0 Å². The number of hydrogen-bond donors (Lipinski definition) is 1. The van der Waals surface area contributed by atoms with E-state index in [1.807, 2.05) is 4.90 Å². The highest BCUT2D eigenvalue weighted by Gasteiger charge is 2.38. The van der Waals surface area contributed by atoms with Crippen LogP contribution in [0.2, 0.25) is 0 Å². The first-order valence-corrected chi connectivity index (χ1v) is 6.81. The zero-order valence-corrected chi connectivity index (χ0v) is 12.6. The molecule has 21 heavy (non-hydrogen) atoms. The molecule has 0 unspecified atom stereocenters. The summed E-state index contributed by atoms with van der Waals surface area (Å²) in [7, 11) is 0. The topological polar surface area (TPSA) is 75.5 Å².